The first-order valence-electron chi connectivity index (χ1n) is 7.29. The van der Waals surface area contributed by atoms with Crippen LogP contribution in [-0.4, -0.2) is 26.1 Å². The molecule has 0 spiro atoms. The molecule has 0 aromatic heterocycles. The van der Waals surface area contributed by atoms with Crippen LogP contribution in [0.15, 0.2) is 24.3 Å². The number of anilines is 1. The van der Waals surface area contributed by atoms with Gasteiger partial charge in [0.2, 0.25) is 5.91 Å². The predicted octanol–water partition coefficient (Wildman–Crippen LogP) is 2.81. The van der Waals surface area contributed by atoms with Gasteiger partial charge in [0.1, 0.15) is 5.75 Å². The van der Waals surface area contributed by atoms with Gasteiger partial charge in [0.25, 0.3) is 0 Å². The number of carbonyl (C=O) groups excluding carboxylic acids is 1. The van der Waals surface area contributed by atoms with Crippen molar-refractivity contribution >= 4 is 11.6 Å². The lowest BCUT2D eigenvalue weighted by atomic mass is 10.0. The Morgan fingerprint density at radius 2 is 2.20 bits per heavy atom. The number of hydrogen-bond acceptors (Lipinski definition) is 3. The van der Waals surface area contributed by atoms with Crippen LogP contribution in [-0.2, 0) is 4.79 Å². The lowest BCUT2D eigenvalue weighted by molar-refractivity contribution is -0.122. The molecular formula is C16H26N2O2. The van der Waals surface area contributed by atoms with E-state index in [0.717, 1.165) is 30.7 Å². The average molecular weight is 278 g/mol. The summed E-state index contributed by atoms with van der Waals surface area (Å²) < 4.78 is 5.23. The van der Waals surface area contributed by atoms with Crippen molar-refractivity contribution in [3.63, 3.8) is 0 Å². The zero-order valence-corrected chi connectivity index (χ0v) is 12.8. The smallest absolute Gasteiger partial charge is 0.229 e. The Morgan fingerprint density at radius 1 is 1.45 bits per heavy atom. The van der Waals surface area contributed by atoms with Crippen LogP contribution in [0.5, 0.6) is 5.75 Å². The quantitative estimate of drug-likeness (QED) is 0.795. The minimum absolute atomic E-state index is 0.0315. The van der Waals surface area contributed by atoms with E-state index in [9.17, 15) is 4.79 Å². The minimum atomic E-state index is 0.0315. The maximum atomic E-state index is 12.6. The van der Waals surface area contributed by atoms with Gasteiger partial charge in [-0.2, -0.15) is 0 Å². The maximum absolute atomic E-state index is 12.6. The summed E-state index contributed by atoms with van der Waals surface area (Å²) >= 11 is 0. The molecule has 1 amide bonds. The van der Waals surface area contributed by atoms with E-state index in [1.807, 2.05) is 36.1 Å². The molecule has 2 N–H and O–H groups in total. The van der Waals surface area contributed by atoms with Gasteiger partial charge in [-0.1, -0.05) is 26.3 Å². The monoisotopic (exact) mass is 278 g/mol. The molecule has 1 atom stereocenters. The fourth-order valence-electron chi connectivity index (χ4n) is 2.22. The van der Waals surface area contributed by atoms with Crippen LogP contribution >= 0.6 is 0 Å². The van der Waals surface area contributed by atoms with Gasteiger partial charge in [-0.25, -0.2) is 0 Å². The summed E-state index contributed by atoms with van der Waals surface area (Å²) in [5.74, 6) is 0.953. The zero-order chi connectivity index (χ0) is 15.0. The molecule has 0 aliphatic rings. The van der Waals surface area contributed by atoms with Crippen LogP contribution in [0, 0.1) is 5.92 Å². The Kier molecular flexibility index (Phi) is 7.09. The Labute approximate surface area is 121 Å². The van der Waals surface area contributed by atoms with Crippen LogP contribution in [0.25, 0.3) is 0 Å². The van der Waals surface area contributed by atoms with Crippen LogP contribution in [0.4, 0.5) is 5.69 Å². The molecule has 0 saturated carbocycles. The van der Waals surface area contributed by atoms with Crippen LogP contribution in [0.3, 0.4) is 0 Å². The summed E-state index contributed by atoms with van der Waals surface area (Å²) in [6, 6.07) is 7.62. The van der Waals surface area contributed by atoms with E-state index in [1.165, 1.54) is 0 Å². The Bertz CT molecular complexity index is 421. The lowest BCUT2D eigenvalue weighted by Crippen LogP contribution is -2.36. The molecule has 0 aliphatic carbocycles. The van der Waals surface area contributed by atoms with E-state index in [-0.39, 0.29) is 11.8 Å². The Hall–Kier alpha value is -1.55. The molecule has 1 aromatic carbocycles. The Morgan fingerprint density at radius 3 is 2.80 bits per heavy atom. The molecular weight excluding hydrogens is 252 g/mol. The standard InChI is InChI=1S/C16H26N2O2/c1-4-7-13(2)16(19)18(11-6-10-17)14-8-5-9-15(12-14)20-3/h5,8-9,12-13H,4,6-7,10-11,17H2,1-3H3. The van der Waals surface area contributed by atoms with Gasteiger partial charge >= 0.3 is 0 Å². The number of amides is 1. The normalized spacial score (nSPS) is 12.0. The molecule has 4 heteroatoms. The first kappa shape index (κ1) is 16.5. The summed E-state index contributed by atoms with van der Waals surface area (Å²) in [6.07, 6.45) is 2.71. The summed E-state index contributed by atoms with van der Waals surface area (Å²) in [5.41, 5.74) is 6.46. The van der Waals surface area contributed by atoms with E-state index >= 15 is 0 Å². The maximum Gasteiger partial charge on any atom is 0.229 e. The van der Waals surface area contributed by atoms with Gasteiger partial charge in [0.05, 0.1) is 7.11 Å². The van der Waals surface area contributed by atoms with E-state index in [0.29, 0.717) is 13.1 Å². The molecule has 0 saturated heterocycles. The number of methoxy groups -OCH3 is 1. The highest BCUT2D eigenvalue weighted by atomic mass is 16.5. The second-order valence-corrected chi connectivity index (χ2v) is 5.02. The highest BCUT2D eigenvalue weighted by Crippen LogP contribution is 2.23. The third-order valence-electron chi connectivity index (χ3n) is 3.36. The highest BCUT2D eigenvalue weighted by molar-refractivity contribution is 5.95. The third-order valence-corrected chi connectivity index (χ3v) is 3.36. The van der Waals surface area contributed by atoms with Gasteiger partial charge in [-0.3, -0.25) is 4.79 Å². The van der Waals surface area contributed by atoms with Crippen LogP contribution in [0.2, 0.25) is 0 Å². The molecule has 1 aromatic rings. The predicted molar refractivity (Wildman–Crippen MR) is 83.1 cm³/mol. The van der Waals surface area contributed by atoms with Crippen molar-refractivity contribution in [2.24, 2.45) is 11.7 Å². The van der Waals surface area contributed by atoms with Crippen molar-refractivity contribution in [2.75, 3.05) is 25.1 Å². The first-order chi connectivity index (χ1) is 9.63. The first-order valence-corrected chi connectivity index (χ1v) is 7.29. The number of nitrogens with two attached hydrogens (primary N) is 1. The summed E-state index contributed by atoms with van der Waals surface area (Å²) in [4.78, 5) is 14.4. The zero-order valence-electron chi connectivity index (χ0n) is 12.8. The van der Waals surface area contributed by atoms with Crippen LogP contribution < -0.4 is 15.4 Å². The minimum Gasteiger partial charge on any atom is -0.497 e. The molecule has 112 valence electrons. The second-order valence-electron chi connectivity index (χ2n) is 5.02. The molecule has 4 nitrogen and oxygen atoms in total. The number of rotatable bonds is 8. The van der Waals surface area contributed by atoms with Crippen LogP contribution in [0.1, 0.15) is 33.1 Å². The molecule has 1 unspecified atom stereocenters. The van der Waals surface area contributed by atoms with Gasteiger partial charge in [0.15, 0.2) is 0 Å². The van der Waals surface area contributed by atoms with Gasteiger partial charge < -0.3 is 15.4 Å². The number of hydrogen-bond donors (Lipinski definition) is 1. The Balaban J connectivity index is 2.95. The van der Waals surface area contributed by atoms with Crippen molar-refractivity contribution in [1.82, 2.24) is 0 Å². The van der Waals surface area contributed by atoms with Crippen molar-refractivity contribution in [2.45, 2.75) is 33.1 Å². The molecule has 0 aliphatic heterocycles. The number of ether oxygens (including phenoxy) is 1. The van der Waals surface area contributed by atoms with Crippen molar-refractivity contribution in [1.29, 1.82) is 0 Å². The summed E-state index contributed by atoms with van der Waals surface area (Å²) in [6.45, 7) is 5.31. The van der Waals surface area contributed by atoms with Gasteiger partial charge in [-0.05, 0) is 31.5 Å². The lowest BCUT2D eigenvalue weighted by Gasteiger charge is -2.26. The summed E-state index contributed by atoms with van der Waals surface area (Å²) in [5, 5.41) is 0. The topological polar surface area (TPSA) is 55.6 Å². The average Bonchev–Trinajstić information content (AvgIpc) is 2.48. The van der Waals surface area contributed by atoms with Crippen molar-refractivity contribution < 1.29 is 9.53 Å². The molecule has 0 radical (unpaired) electrons. The number of carbonyl (C=O) groups is 1. The molecule has 1 rings (SSSR count). The fourth-order valence-corrected chi connectivity index (χ4v) is 2.22. The number of benzene rings is 1. The van der Waals surface area contributed by atoms with Crippen molar-refractivity contribution in [3.8, 4) is 5.75 Å². The van der Waals surface area contributed by atoms with E-state index in [1.54, 1.807) is 7.11 Å². The van der Waals surface area contributed by atoms with Gasteiger partial charge in [-0.15, -0.1) is 0 Å². The van der Waals surface area contributed by atoms with E-state index in [4.69, 9.17) is 10.5 Å². The summed E-state index contributed by atoms with van der Waals surface area (Å²) in [7, 11) is 1.63. The SMILES string of the molecule is CCCC(C)C(=O)N(CCCN)c1cccc(OC)c1. The van der Waals surface area contributed by atoms with Gasteiger partial charge in [0, 0.05) is 24.2 Å². The largest absolute Gasteiger partial charge is 0.497 e. The molecule has 0 heterocycles. The highest BCUT2D eigenvalue weighted by Gasteiger charge is 2.21. The molecule has 0 fully saturated rings. The second kappa shape index (κ2) is 8.59. The van der Waals surface area contributed by atoms with Crippen molar-refractivity contribution in [3.05, 3.63) is 24.3 Å². The molecule has 20 heavy (non-hydrogen) atoms. The number of nitrogens with zero attached hydrogens (tertiary/aromatic N) is 1. The third kappa shape index (κ3) is 4.53. The molecule has 0 bridgehead atoms. The van der Waals surface area contributed by atoms with E-state index in [2.05, 4.69) is 6.92 Å². The fraction of sp³-hybridized carbons (Fsp3) is 0.562. The van der Waals surface area contributed by atoms with E-state index < -0.39 is 0 Å².